The smallest absolute Gasteiger partial charge is 0.309 e. The largest absolute Gasteiger partial charge is 0.481 e. The summed E-state index contributed by atoms with van der Waals surface area (Å²) < 4.78 is 0. The molecule has 3 nitrogen and oxygen atoms in total. The van der Waals surface area contributed by atoms with Gasteiger partial charge >= 0.3 is 5.97 Å². The van der Waals surface area contributed by atoms with Crippen LogP contribution in [0.4, 0.5) is 0 Å². The van der Waals surface area contributed by atoms with Crippen LogP contribution in [0, 0.1) is 22.2 Å². The normalized spacial score (nSPS) is 15.7. The van der Waals surface area contributed by atoms with Crippen molar-refractivity contribution in [1.82, 2.24) is 0 Å². The van der Waals surface area contributed by atoms with Crippen LogP contribution in [-0.4, -0.2) is 22.3 Å². The summed E-state index contributed by atoms with van der Waals surface area (Å²) in [5.41, 5.74) is -1.47. The van der Waals surface area contributed by atoms with Gasteiger partial charge in [-0.25, -0.2) is 0 Å². The van der Waals surface area contributed by atoms with Crippen molar-refractivity contribution in [2.75, 3.05) is 0 Å². The van der Waals surface area contributed by atoms with Crippen molar-refractivity contribution in [1.29, 1.82) is 0 Å². The zero-order valence-corrected chi connectivity index (χ0v) is 13.9. The summed E-state index contributed by atoms with van der Waals surface area (Å²) in [6.07, 6.45) is 0.851. The highest BCUT2D eigenvalue weighted by Gasteiger charge is 2.44. The van der Waals surface area contributed by atoms with Gasteiger partial charge in [-0.05, 0) is 43.4 Å². The zero-order valence-electron chi connectivity index (χ0n) is 13.9. The molecule has 0 aromatic carbocycles. The number of aliphatic hydroxyl groups excluding tert-OH is 1. The molecule has 0 radical (unpaired) electrons. The first kappa shape index (κ1) is 18.4. The van der Waals surface area contributed by atoms with Gasteiger partial charge in [-0.15, -0.1) is 0 Å². The standard InChI is InChI=1S/C16H32O3/c1-11(2)9-14(3,4)12(17)15(5,6)10-16(7,8)13(18)19/h11-12,17H,9-10H2,1-8H3,(H,18,19). The van der Waals surface area contributed by atoms with Crippen molar-refractivity contribution in [2.45, 2.75) is 74.3 Å². The molecule has 1 atom stereocenters. The summed E-state index contributed by atoms with van der Waals surface area (Å²) in [6.45, 7) is 15.8. The summed E-state index contributed by atoms with van der Waals surface area (Å²) in [7, 11) is 0. The van der Waals surface area contributed by atoms with Crippen molar-refractivity contribution in [3.8, 4) is 0 Å². The van der Waals surface area contributed by atoms with E-state index in [9.17, 15) is 15.0 Å². The second-order valence-electron chi connectivity index (χ2n) is 8.34. The molecule has 0 amide bonds. The molecule has 114 valence electrons. The topological polar surface area (TPSA) is 57.5 Å². The van der Waals surface area contributed by atoms with Crippen LogP contribution in [0.3, 0.4) is 0 Å². The molecule has 0 saturated carbocycles. The molecule has 0 bridgehead atoms. The Kier molecular flexibility index (Phi) is 5.65. The first-order valence-electron chi connectivity index (χ1n) is 7.14. The van der Waals surface area contributed by atoms with E-state index in [0.29, 0.717) is 12.3 Å². The average molecular weight is 272 g/mol. The van der Waals surface area contributed by atoms with Gasteiger partial charge in [0.1, 0.15) is 0 Å². The first-order valence-corrected chi connectivity index (χ1v) is 7.14. The number of carbonyl (C=O) groups is 1. The first-order chi connectivity index (χ1) is 8.22. The third-order valence-electron chi connectivity index (χ3n) is 3.89. The van der Waals surface area contributed by atoms with Crippen LogP contribution in [0.15, 0.2) is 0 Å². The third kappa shape index (κ3) is 5.13. The number of hydrogen-bond acceptors (Lipinski definition) is 2. The molecule has 0 rings (SSSR count). The highest BCUT2D eigenvalue weighted by molar-refractivity contribution is 5.73. The second kappa shape index (κ2) is 5.82. The Balaban J connectivity index is 5.05. The van der Waals surface area contributed by atoms with E-state index in [-0.39, 0.29) is 5.41 Å². The fourth-order valence-corrected chi connectivity index (χ4v) is 3.53. The molecular formula is C16H32O3. The van der Waals surface area contributed by atoms with E-state index < -0.39 is 22.9 Å². The van der Waals surface area contributed by atoms with Crippen LogP contribution in [0.5, 0.6) is 0 Å². The molecule has 0 aromatic heterocycles. The maximum atomic E-state index is 11.3. The molecule has 0 heterocycles. The number of hydrogen-bond donors (Lipinski definition) is 2. The third-order valence-corrected chi connectivity index (χ3v) is 3.89. The van der Waals surface area contributed by atoms with Crippen LogP contribution in [0.2, 0.25) is 0 Å². The van der Waals surface area contributed by atoms with Gasteiger partial charge in [-0.2, -0.15) is 0 Å². The fourth-order valence-electron chi connectivity index (χ4n) is 3.53. The van der Waals surface area contributed by atoms with Gasteiger partial charge in [-0.3, -0.25) is 4.79 Å². The number of aliphatic hydroxyl groups is 1. The number of aliphatic carboxylic acids is 1. The van der Waals surface area contributed by atoms with Gasteiger partial charge in [0.2, 0.25) is 0 Å². The van der Waals surface area contributed by atoms with Gasteiger partial charge in [0, 0.05) is 0 Å². The van der Waals surface area contributed by atoms with Gasteiger partial charge in [0.15, 0.2) is 0 Å². The summed E-state index contributed by atoms with van der Waals surface area (Å²) in [5, 5.41) is 20.0. The van der Waals surface area contributed by atoms with Gasteiger partial charge in [0.25, 0.3) is 0 Å². The molecule has 0 aromatic rings. The number of rotatable bonds is 7. The molecule has 0 aliphatic rings. The lowest BCUT2D eigenvalue weighted by Gasteiger charge is -2.44. The van der Waals surface area contributed by atoms with Crippen LogP contribution in [-0.2, 0) is 4.79 Å². The molecule has 0 spiro atoms. The molecule has 0 saturated heterocycles. The summed E-state index contributed by atoms with van der Waals surface area (Å²) in [5.74, 6) is -0.303. The Bertz CT molecular complexity index is 314. The monoisotopic (exact) mass is 272 g/mol. The van der Waals surface area contributed by atoms with Gasteiger partial charge in [-0.1, -0.05) is 41.5 Å². The van der Waals surface area contributed by atoms with E-state index in [4.69, 9.17) is 0 Å². The average Bonchev–Trinajstić information content (AvgIpc) is 2.12. The predicted molar refractivity (Wildman–Crippen MR) is 79.1 cm³/mol. The molecule has 0 fully saturated rings. The summed E-state index contributed by atoms with van der Waals surface area (Å²) >= 11 is 0. The van der Waals surface area contributed by atoms with Crippen molar-refractivity contribution >= 4 is 5.97 Å². The molecule has 3 heteroatoms. The molecule has 0 aliphatic heterocycles. The zero-order chi connectivity index (χ0) is 15.6. The van der Waals surface area contributed by atoms with E-state index in [1.807, 2.05) is 13.8 Å². The Hall–Kier alpha value is -0.570. The van der Waals surface area contributed by atoms with E-state index in [2.05, 4.69) is 27.7 Å². The van der Waals surface area contributed by atoms with Crippen LogP contribution in [0.1, 0.15) is 68.2 Å². The molecule has 0 aliphatic carbocycles. The predicted octanol–water partition coefficient (Wildman–Crippen LogP) is 3.95. The van der Waals surface area contributed by atoms with Crippen LogP contribution in [0.25, 0.3) is 0 Å². The fraction of sp³-hybridized carbons (Fsp3) is 0.938. The molecule has 19 heavy (non-hydrogen) atoms. The van der Waals surface area contributed by atoms with Gasteiger partial charge in [0.05, 0.1) is 11.5 Å². The van der Waals surface area contributed by atoms with Crippen molar-refractivity contribution in [3.05, 3.63) is 0 Å². The lowest BCUT2D eigenvalue weighted by molar-refractivity contribution is -0.151. The lowest BCUT2D eigenvalue weighted by Crippen LogP contribution is -2.45. The van der Waals surface area contributed by atoms with Crippen LogP contribution >= 0.6 is 0 Å². The van der Waals surface area contributed by atoms with Crippen molar-refractivity contribution in [2.24, 2.45) is 22.2 Å². The van der Waals surface area contributed by atoms with Crippen molar-refractivity contribution < 1.29 is 15.0 Å². The minimum atomic E-state index is -0.821. The SMILES string of the molecule is CC(C)CC(C)(C)C(O)C(C)(C)CC(C)(C)C(=O)O. The highest BCUT2D eigenvalue weighted by Crippen LogP contribution is 2.44. The van der Waals surface area contributed by atoms with E-state index in [1.165, 1.54) is 0 Å². The highest BCUT2D eigenvalue weighted by atomic mass is 16.4. The van der Waals surface area contributed by atoms with Gasteiger partial charge < -0.3 is 10.2 Å². The Morgan fingerprint density at radius 2 is 1.42 bits per heavy atom. The van der Waals surface area contributed by atoms with E-state index in [0.717, 1.165) is 6.42 Å². The Morgan fingerprint density at radius 3 is 1.74 bits per heavy atom. The summed E-state index contributed by atoms with van der Waals surface area (Å²) in [6, 6.07) is 0. The summed E-state index contributed by atoms with van der Waals surface area (Å²) in [4.78, 5) is 11.3. The quantitative estimate of drug-likeness (QED) is 0.738. The van der Waals surface area contributed by atoms with E-state index in [1.54, 1.807) is 13.8 Å². The van der Waals surface area contributed by atoms with Crippen LogP contribution < -0.4 is 0 Å². The second-order valence-corrected chi connectivity index (χ2v) is 8.34. The Morgan fingerprint density at radius 1 is 1.00 bits per heavy atom. The van der Waals surface area contributed by atoms with E-state index >= 15 is 0 Å². The molecular weight excluding hydrogens is 240 g/mol. The lowest BCUT2D eigenvalue weighted by atomic mass is 9.63. The minimum Gasteiger partial charge on any atom is -0.481 e. The Labute approximate surface area is 118 Å². The number of carboxylic acid groups (broad SMARTS) is 1. The minimum absolute atomic E-state index is 0.216. The molecule has 2 N–H and O–H groups in total. The maximum absolute atomic E-state index is 11.3. The maximum Gasteiger partial charge on any atom is 0.309 e. The van der Waals surface area contributed by atoms with Crippen molar-refractivity contribution in [3.63, 3.8) is 0 Å². The number of carboxylic acids is 1. The molecule has 1 unspecified atom stereocenters.